The number of carbonyl (C=O) groups excluding carboxylic acids is 1. The van der Waals surface area contributed by atoms with Crippen LogP contribution in [0.15, 0.2) is 18.2 Å². The summed E-state index contributed by atoms with van der Waals surface area (Å²) in [4.78, 5) is 14.4. The second-order valence-corrected chi connectivity index (χ2v) is 5.53. The highest BCUT2D eigenvalue weighted by molar-refractivity contribution is 5.99. The fourth-order valence-electron chi connectivity index (χ4n) is 2.88. The van der Waals surface area contributed by atoms with E-state index in [1.807, 2.05) is 4.90 Å². The van der Waals surface area contributed by atoms with Crippen LogP contribution in [0.4, 0.5) is 11.4 Å². The molecule has 1 aromatic rings. The van der Waals surface area contributed by atoms with E-state index in [4.69, 9.17) is 11.5 Å². The molecule has 104 valence electrons. The van der Waals surface area contributed by atoms with Gasteiger partial charge in [0, 0.05) is 24.5 Å². The fourth-order valence-corrected chi connectivity index (χ4v) is 2.88. The highest BCUT2D eigenvalue weighted by Crippen LogP contribution is 2.37. The van der Waals surface area contributed by atoms with Gasteiger partial charge in [-0.3, -0.25) is 4.79 Å². The standard InChI is InChI=1S/C15H23N3O/c1-3-15(4-2)7-8-18(10-15)14(19)12-6-5-11(16)9-13(12)17/h5-6,9H,3-4,7-8,10,16-17H2,1-2H3. The molecule has 0 aromatic heterocycles. The molecule has 0 spiro atoms. The van der Waals surface area contributed by atoms with Crippen molar-refractivity contribution in [2.24, 2.45) is 5.41 Å². The van der Waals surface area contributed by atoms with Gasteiger partial charge in [-0.15, -0.1) is 0 Å². The molecule has 1 saturated heterocycles. The van der Waals surface area contributed by atoms with Gasteiger partial charge < -0.3 is 16.4 Å². The summed E-state index contributed by atoms with van der Waals surface area (Å²) < 4.78 is 0. The second kappa shape index (κ2) is 5.11. The first-order valence-electron chi connectivity index (χ1n) is 6.95. The van der Waals surface area contributed by atoms with Gasteiger partial charge in [0.15, 0.2) is 0 Å². The molecule has 4 nitrogen and oxygen atoms in total. The molecule has 0 saturated carbocycles. The van der Waals surface area contributed by atoms with E-state index in [9.17, 15) is 4.79 Å². The number of nitrogen functional groups attached to an aromatic ring is 2. The van der Waals surface area contributed by atoms with Crippen LogP contribution < -0.4 is 11.5 Å². The molecule has 1 aliphatic rings. The Labute approximate surface area is 114 Å². The number of likely N-dealkylation sites (tertiary alicyclic amines) is 1. The Morgan fingerprint density at radius 1 is 1.32 bits per heavy atom. The zero-order valence-electron chi connectivity index (χ0n) is 11.8. The average molecular weight is 261 g/mol. The zero-order chi connectivity index (χ0) is 14.0. The van der Waals surface area contributed by atoms with Crippen LogP contribution in [0.2, 0.25) is 0 Å². The average Bonchev–Trinajstić information content (AvgIpc) is 2.83. The Morgan fingerprint density at radius 3 is 2.53 bits per heavy atom. The molecule has 0 unspecified atom stereocenters. The number of benzene rings is 1. The summed E-state index contributed by atoms with van der Waals surface area (Å²) in [6.45, 7) is 6.07. The third-order valence-electron chi connectivity index (χ3n) is 4.53. The van der Waals surface area contributed by atoms with Crippen molar-refractivity contribution in [2.45, 2.75) is 33.1 Å². The second-order valence-electron chi connectivity index (χ2n) is 5.53. The van der Waals surface area contributed by atoms with Gasteiger partial charge >= 0.3 is 0 Å². The molecule has 1 heterocycles. The number of nitrogens with zero attached hydrogens (tertiary/aromatic N) is 1. The minimum Gasteiger partial charge on any atom is -0.399 e. The molecule has 1 amide bonds. The molecule has 0 radical (unpaired) electrons. The van der Waals surface area contributed by atoms with E-state index >= 15 is 0 Å². The van der Waals surface area contributed by atoms with Crippen molar-refractivity contribution < 1.29 is 4.79 Å². The Kier molecular flexibility index (Phi) is 3.69. The number of hydrogen-bond acceptors (Lipinski definition) is 3. The first kappa shape index (κ1) is 13.7. The summed E-state index contributed by atoms with van der Waals surface area (Å²) in [7, 11) is 0. The monoisotopic (exact) mass is 261 g/mol. The molecular weight excluding hydrogens is 238 g/mol. The molecule has 0 bridgehead atoms. The molecule has 0 atom stereocenters. The van der Waals surface area contributed by atoms with Crippen LogP contribution in [0.1, 0.15) is 43.5 Å². The molecule has 2 rings (SSSR count). The summed E-state index contributed by atoms with van der Waals surface area (Å²) in [6, 6.07) is 5.10. The van der Waals surface area contributed by atoms with Crippen LogP contribution in [-0.4, -0.2) is 23.9 Å². The van der Waals surface area contributed by atoms with Crippen molar-refractivity contribution in [1.29, 1.82) is 0 Å². The topological polar surface area (TPSA) is 72.3 Å². The Morgan fingerprint density at radius 2 is 2.00 bits per heavy atom. The highest BCUT2D eigenvalue weighted by Gasteiger charge is 2.37. The molecule has 0 aliphatic carbocycles. The molecule has 4 N–H and O–H groups in total. The maximum Gasteiger partial charge on any atom is 0.255 e. The fraction of sp³-hybridized carbons (Fsp3) is 0.533. The van der Waals surface area contributed by atoms with Gasteiger partial charge in [-0.1, -0.05) is 13.8 Å². The van der Waals surface area contributed by atoms with Crippen LogP contribution in [0, 0.1) is 5.41 Å². The lowest BCUT2D eigenvalue weighted by Gasteiger charge is -2.26. The van der Waals surface area contributed by atoms with E-state index in [0.29, 0.717) is 16.9 Å². The van der Waals surface area contributed by atoms with Crippen LogP contribution >= 0.6 is 0 Å². The van der Waals surface area contributed by atoms with Crippen LogP contribution in [-0.2, 0) is 0 Å². The minimum atomic E-state index is 0.0290. The van der Waals surface area contributed by atoms with Crippen molar-refractivity contribution in [3.05, 3.63) is 23.8 Å². The van der Waals surface area contributed by atoms with Crippen LogP contribution in [0.3, 0.4) is 0 Å². The molecule has 1 aromatic carbocycles. The lowest BCUT2D eigenvalue weighted by atomic mass is 9.82. The summed E-state index contributed by atoms with van der Waals surface area (Å²) in [5.74, 6) is 0.0290. The van der Waals surface area contributed by atoms with Crippen molar-refractivity contribution >= 4 is 17.3 Å². The number of hydrogen-bond donors (Lipinski definition) is 2. The van der Waals surface area contributed by atoms with Gasteiger partial charge in [0.25, 0.3) is 5.91 Å². The van der Waals surface area contributed by atoms with E-state index in [1.165, 1.54) is 0 Å². The van der Waals surface area contributed by atoms with Gasteiger partial charge in [0.1, 0.15) is 0 Å². The summed E-state index contributed by atoms with van der Waals surface area (Å²) in [5, 5.41) is 0. The first-order valence-corrected chi connectivity index (χ1v) is 6.95. The SMILES string of the molecule is CCC1(CC)CCN(C(=O)c2ccc(N)cc2N)C1. The summed E-state index contributed by atoms with van der Waals surface area (Å²) in [5.41, 5.74) is 13.5. The molecule has 4 heteroatoms. The zero-order valence-corrected chi connectivity index (χ0v) is 11.8. The lowest BCUT2D eigenvalue weighted by Crippen LogP contribution is -2.32. The summed E-state index contributed by atoms with van der Waals surface area (Å²) in [6.07, 6.45) is 3.32. The molecule has 1 aliphatic heterocycles. The van der Waals surface area contributed by atoms with E-state index in [1.54, 1.807) is 18.2 Å². The number of anilines is 2. The van der Waals surface area contributed by atoms with Crippen LogP contribution in [0.25, 0.3) is 0 Å². The van der Waals surface area contributed by atoms with Crippen LogP contribution in [0.5, 0.6) is 0 Å². The molecular formula is C15H23N3O. The number of amides is 1. The van der Waals surface area contributed by atoms with Gasteiger partial charge in [-0.05, 0) is 42.9 Å². The maximum atomic E-state index is 12.5. The predicted octanol–water partition coefficient (Wildman–Crippen LogP) is 2.50. The normalized spacial score (nSPS) is 17.7. The van der Waals surface area contributed by atoms with Crippen molar-refractivity contribution in [3.8, 4) is 0 Å². The Bertz CT molecular complexity index is 480. The van der Waals surface area contributed by atoms with E-state index in [0.717, 1.165) is 32.4 Å². The smallest absolute Gasteiger partial charge is 0.255 e. The minimum absolute atomic E-state index is 0.0290. The Hall–Kier alpha value is -1.71. The van der Waals surface area contributed by atoms with Crippen molar-refractivity contribution in [2.75, 3.05) is 24.6 Å². The van der Waals surface area contributed by atoms with E-state index in [-0.39, 0.29) is 11.3 Å². The van der Waals surface area contributed by atoms with Gasteiger partial charge in [0.05, 0.1) is 5.56 Å². The predicted molar refractivity (Wildman–Crippen MR) is 78.8 cm³/mol. The van der Waals surface area contributed by atoms with Crippen molar-refractivity contribution in [3.63, 3.8) is 0 Å². The highest BCUT2D eigenvalue weighted by atomic mass is 16.2. The van der Waals surface area contributed by atoms with Crippen molar-refractivity contribution in [1.82, 2.24) is 4.90 Å². The van der Waals surface area contributed by atoms with Gasteiger partial charge in [0.2, 0.25) is 0 Å². The van der Waals surface area contributed by atoms with E-state index in [2.05, 4.69) is 13.8 Å². The third-order valence-corrected chi connectivity index (χ3v) is 4.53. The lowest BCUT2D eigenvalue weighted by molar-refractivity contribution is 0.0771. The Balaban J connectivity index is 2.17. The summed E-state index contributed by atoms with van der Waals surface area (Å²) >= 11 is 0. The quantitative estimate of drug-likeness (QED) is 0.821. The molecule has 1 fully saturated rings. The van der Waals surface area contributed by atoms with Gasteiger partial charge in [-0.25, -0.2) is 0 Å². The first-order chi connectivity index (χ1) is 9.01. The third kappa shape index (κ3) is 2.53. The largest absolute Gasteiger partial charge is 0.399 e. The van der Waals surface area contributed by atoms with Gasteiger partial charge in [-0.2, -0.15) is 0 Å². The number of nitrogens with two attached hydrogens (primary N) is 2. The maximum absolute atomic E-state index is 12.5. The molecule has 19 heavy (non-hydrogen) atoms. The number of carbonyl (C=O) groups is 1. The number of rotatable bonds is 3. The van der Waals surface area contributed by atoms with E-state index < -0.39 is 0 Å².